The van der Waals surface area contributed by atoms with Crippen molar-refractivity contribution in [3.8, 4) is 5.75 Å². The van der Waals surface area contributed by atoms with Crippen molar-refractivity contribution in [3.63, 3.8) is 0 Å². The smallest absolute Gasteiger partial charge is 0.212 e. The van der Waals surface area contributed by atoms with Crippen LogP contribution in [0.3, 0.4) is 0 Å². The number of ether oxygens (including phenoxy) is 1. The summed E-state index contributed by atoms with van der Waals surface area (Å²) in [5, 5.41) is 8.87. The molecule has 0 aliphatic carbocycles. The third-order valence-electron chi connectivity index (χ3n) is 2.53. The van der Waals surface area contributed by atoms with Crippen LogP contribution in [0.25, 0.3) is 0 Å². The van der Waals surface area contributed by atoms with Crippen LogP contribution in [0.5, 0.6) is 5.75 Å². The molecule has 0 amide bonds. The molecule has 2 aromatic rings. The number of aromatic nitrogens is 2. The molecule has 1 aromatic carbocycles. The molecule has 2 rings (SSSR count). The van der Waals surface area contributed by atoms with Gasteiger partial charge in [-0.05, 0) is 25.1 Å². The zero-order valence-corrected chi connectivity index (χ0v) is 11.1. The maximum absolute atomic E-state index is 5.58. The third-order valence-corrected chi connectivity index (χ3v) is 3.24. The number of nitrogens with zero attached hydrogens (tertiary/aromatic N) is 3. The van der Waals surface area contributed by atoms with E-state index in [2.05, 4.69) is 15.1 Å². The number of nitrogens with two attached hydrogens (primary N) is 1. The van der Waals surface area contributed by atoms with Crippen LogP contribution in [-0.4, -0.2) is 30.4 Å². The molecule has 0 bridgehead atoms. The summed E-state index contributed by atoms with van der Waals surface area (Å²) in [6, 6.07) is 7.90. The Bertz CT molecular complexity index is 475. The molecule has 96 valence electrons. The van der Waals surface area contributed by atoms with Crippen molar-refractivity contribution in [3.05, 3.63) is 29.8 Å². The fourth-order valence-electron chi connectivity index (χ4n) is 1.65. The van der Waals surface area contributed by atoms with Gasteiger partial charge in [-0.25, -0.2) is 0 Å². The Morgan fingerprint density at radius 2 is 2.33 bits per heavy atom. The lowest BCUT2D eigenvalue weighted by atomic mass is 10.2. The van der Waals surface area contributed by atoms with Gasteiger partial charge in [0.15, 0.2) is 0 Å². The highest BCUT2D eigenvalue weighted by molar-refractivity contribution is 7.13. The second kappa shape index (κ2) is 6.32. The van der Waals surface area contributed by atoms with Crippen molar-refractivity contribution < 1.29 is 4.74 Å². The molecule has 0 fully saturated rings. The van der Waals surface area contributed by atoms with Gasteiger partial charge in [-0.3, -0.25) is 0 Å². The van der Waals surface area contributed by atoms with Crippen LogP contribution < -0.4 is 15.4 Å². The minimum atomic E-state index is 0.652. The summed E-state index contributed by atoms with van der Waals surface area (Å²) in [6.45, 7) is 1.47. The van der Waals surface area contributed by atoms with Crippen molar-refractivity contribution >= 4 is 22.2 Å². The minimum absolute atomic E-state index is 0.652. The molecular weight excluding hydrogens is 248 g/mol. The first-order chi connectivity index (χ1) is 8.85. The fraction of sp³-hybridized carbons (Fsp3) is 0.333. The molecule has 18 heavy (non-hydrogen) atoms. The van der Waals surface area contributed by atoms with Gasteiger partial charge in [-0.2, -0.15) is 0 Å². The third kappa shape index (κ3) is 2.96. The Labute approximate surface area is 110 Å². The molecule has 0 atom stereocenters. The number of hydrogen-bond donors (Lipinski definition) is 1. The van der Waals surface area contributed by atoms with Crippen molar-refractivity contribution in [1.29, 1.82) is 0 Å². The molecule has 0 unspecified atom stereocenters. The van der Waals surface area contributed by atoms with Crippen LogP contribution >= 0.6 is 11.3 Å². The summed E-state index contributed by atoms with van der Waals surface area (Å²) in [6.07, 6.45) is 0.900. The predicted octanol–water partition coefficient (Wildman–Crippen LogP) is 2.03. The molecule has 0 saturated heterocycles. The van der Waals surface area contributed by atoms with Gasteiger partial charge in [0.25, 0.3) is 0 Å². The van der Waals surface area contributed by atoms with Gasteiger partial charge >= 0.3 is 0 Å². The molecular formula is C12H16N4OS. The van der Waals surface area contributed by atoms with E-state index in [-0.39, 0.29) is 0 Å². The van der Waals surface area contributed by atoms with Crippen LogP contribution in [0.1, 0.15) is 6.42 Å². The molecule has 1 aromatic heterocycles. The molecule has 0 spiro atoms. The molecule has 1 heterocycles. The number of anilines is 2. The van der Waals surface area contributed by atoms with Gasteiger partial charge in [-0.1, -0.05) is 17.4 Å². The highest BCUT2D eigenvalue weighted by Gasteiger charge is 2.12. The number of hydrogen-bond acceptors (Lipinski definition) is 6. The Kier molecular flexibility index (Phi) is 4.49. The molecule has 2 N–H and O–H groups in total. The van der Waals surface area contributed by atoms with Gasteiger partial charge in [0.2, 0.25) is 5.13 Å². The van der Waals surface area contributed by atoms with Gasteiger partial charge in [0.1, 0.15) is 11.3 Å². The van der Waals surface area contributed by atoms with Gasteiger partial charge in [-0.15, -0.1) is 10.2 Å². The standard InChI is InChI=1S/C12H16N4OS/c1-17-11-5-2-4-10(8-11)16(7-3-6-13)12-15-14-9-18-12/h2,4-5,8-9H,3,6-7,13H2,1H3. The predicted molar refractivity (Wildman–Crippen MR) is 73.6 cm³/mol. The number of methoxy groups -OCH3 is 1. The van der Waals surface area contributed by atoms with E-state index in [0.717, 1.165) is 29.5 Å². The first kappa shape index (κ1) is 12.8. The van der Waals surface area contributed by atoms with E-state index >= 15 is 0 Å². The Balaban J connectivity index is 2.27. The zero-order valence-electron chi connectivity index (χ0n) is 10.2. The zero-order chi connectivity index (χ0) is 12.8. The van der Waals surface area contributed by atoms with Crippen LogP contribution in [0.2, 0.25) is 0 Å². The Morgan fingerprint density at radius 1 is 1.44 bits per heavy atom. The summed E-state index contributed by atoms with van der Waals surface area (Å²) < 4.78 is 5.24. The quantitative estimate of drug-likeness (QED) is 0.865. The molecule has 0 aliphatic heterocycles. The number of benzene rings is 1. The minimum Gasteiger partial charge on any atom is -0.497 e. The highest BCUT2D eigenvalue weighted by Crippen LogP contribution is 2.29. The first-order valence-corrected chi connectivity index (χ1v) is 6.61. The lowest BCUT2D eigenvalue weighted by molar-refractivity contribution is 0.415. The van der Waals surface area contributed by atoms with Crippen LogP contribution in [-0.2, 0) is 0 Å². The van der Waals surface area contributed by atoms with E-state index < -0.39 is 0 Å². The average Bonchev–Trinajstić information content (AvgIpc) is 2.93. The van der Waals surface area contributed by atoms with Gasteiger partial charge < -0.3 is 15.4 Å². The van der Waals surface area contributed by atoms with Crippen molar-refractivity contribution in [2.45, 2.75) is 6.42 Å². The second-order valence-electron chi connectivity index (χ2n) is 3.72. The van der Waals surface area contributed by atoms with Gasteiger partial charge in [0, 0.05) is 18.3 Å². The van der Waals surface area contributed by atoms with E-state index in [0.29, 0.717) is 6.54 Å². The van der Waals surface area contributed by atoms with Gasteiger partial charge in [0.05, 0.1) is 7.11 Å². The summed E-state index contributed by atoms with van der Waals surface area (Å²) in [7, 11) is 1.66. The molecule has 5 nitrogen and oxygen atoms in total. The van der Waals surface area contributed by atoms with E-state index in [1.165, 1.54) is 11.3 Å². The van der Waals surface area contributed by atoms with E-state index in [1.807, 2.05) is 24.3 Å². The number of rotatable bonds is 6. The first-order valence-electron chi connectivity index (χ1n) is 5.73. The summed E-state index contributed by atoms with van der Waals surface area (Å²) in [5.41, 5.74) is 8.35. The fourth-order valence-corrected chi connectivity index (χ4v) is 2.25. The summed E-state index contributed by atoms with van der Waals surface area (Å²) in [4.78, 5) is 2.10. The topological polar surface area (TPSA) is 64.3 Å². The molecule has 0 saturated carbocycles. The second-order valence-corrected chi connectivity index (χ2v) is 4.53. The normalized spacial score (nSPS) is 10.3. The Morgan fingerprint density at radius 3 is 3.00 bits per heavy atom. The molecule has 6 heteroatoms. The lowest BCUT2D eigenvalue weighted by Gasteiger charge is -2.21. The summed E-state index contributed by atoms with van der Waals surface area (Å²) >= 11 is 1.51. The van der Waals surface area contributed by atoms with Crippen molar-refractivity contribution in [1.82, 2.24) is 10.2 Å². The van der Waals surface area contributed by atoms with Crippen LogP contribution in [0.15, 0.2) is 29.8 Å². The largest absolute Gasteiger partial charge is 0.497 e. The SMILES string of the molecule is COc1cccc(N(CCCN)c2nncs2)c1. The van der Waals surface area contributed by atoms with E-state index in [9.17, 15) is 0 Å². The van der Waals surface area contributed by atoms with Crippen LogP contribution in [0, 0.1) is 0 Å². The van der Waals surface area contributed by atoms with E-state index in [1.54, 1.807) is 12.6 Å². The van der Waals surface area contributed by atoms with Crippen LogP contribution in [0.4, 0.5) is 10.8 Å². The highest BCUT2D eigenvalue weighted by atomic mass is 32.1. The Hall–Kier alpha value is -1.66. The van der Waals surface area contributed by atoms with Crippen molar-refractivity contribution in [2.75, 3.05) is 25.1 Å². The average molecular weight is 264 g/mol. The lowest BCUT2D eigenvalue weighted by Crippen LogP contribution is -2.20. The maximum Gasteiger partial charge on any atom is 0.212 e. The monoisotopic (exact) mass is 264 g/mol. The summed E-state index contributed by atoms with van der Waals surface area (Å²) in [5.74, 6) is 0.828. The molecule has 0 aliphatic rings. The molecule has 0 radical (unpaired) electrons. The van der Waals surface area contributed by atoms with Crippen molar-refractivity contribution in [2.24, 2.45) is 5.73 Å². The van der Waals surface area contributed by atoms with E-state index in [4.69, 9.17) is 10.5 Å². The maximum atomic E-state index is 5.58.